The van der Waals surface area contributed by atoms with Gasteiger partial charge in [0.05, 0.1) is 18.8 Å². The molecule has 9 heteroatoms. The Hall–Kier alpha value is -2.97. The summed E-state index contributed by atoms with van der Waals surface area (Å²) in [6, 6.07) is 6.02. The van der Waals surface area contributed by atoms with E-state index in [1.165, 1.54) is 18.3 Å². The van der Waals surface area contributed by atoms with Crippen molar-refractivity contribution in [2.24, 2.45) is 4.99 Å². The molecule has 2 atom stereocenters. The molecule has 0 amide bonds. The Morgan fingerprint density at radius 1 is 1.28 bits per heavy atom. The molecule has 150 valence electrons. The molecule has 4 rings (SSSR count). The van der Waals surface area contributed by atoms with E-state index in [-0.39, 0.29) is 23.6 Å². The van der Waals surface area contributed by atoms with E-state index in [9.17, 15) is 9.50 Å². The molecule has 29 heavy (non-hydrogen) atoms. The monoisotopic (exact) mass is 414 g/mol. The van der Waals surface area contributed by atoms with Crippen LogP contribution in [0, 0.1) is 5.82 Å². The number of amidine groups is 1. The molecule has 0 saturated carbocycles. The molecule has 0 radical (unpaired) electrons. The summed E-state index contributed by atoms with van der Waals surface area (Å²) >= 11 is 6.03. The van der Waals surface area contributed by atoms with Crippen molar-refractivity contribution in [1.29, 1.82) is 0 Å². The van der Waals surface area contributed by atoms with Gasteiger partial charge in [0.2, 0.25) is 0 Å². The molecule has 0 saturated heterocycles. The molecule has 1 aliphatic heterocycles. The van der Waals surface area contributed by atoms with Crippen molar-refractivity contribution in [3.63, 3.8) is 0 Å². The zero-order valence-corrected chi connectivity index (χ0v) is 16.6. The van der Waals surface area contributed by atoms with Crippen LogP contribution < -0.4 is 10.6 Å². The van der Waals surface area contributed by atoms with Gasteiger partial charge >= 0.3 is 0 Å². The summed E-state index contributed by atoms with van der Waals surface area (Å²) in [6.07, 6.45) is 5.02. The molecule has 4 N–H and O–H groups in total. The Kier molecular flexibility index (Phi) is 4.97. The summed E-state index contributed by atoms with van der Waals surface area (Å²) in [4.78, 5) is 16.4. The number of hydrogen-bond acceptors (Lipinski definition) is 5. The first kappa shape index (κ1) is 19.4. The van der Waals surface area contributed by atoms with E-state index < -0.39 is 5.66 Å². The van der Waals surface area contributed by atoms with Gasteiger partial charge in [0.15, 0.2) is 5.65 Å². The highest BCUT2D eigenvalue weighted by molar-refractivity contribution is 6.29. The number of halogens is 2. The second-order valence-electron chi connectivity index (χ2n) is 7.04. The Morgan fingerprint density at radius 2 is 2.03 bits per heavy atom. The van der Waals surface area contributed by atoms with Crippen molar-refractivity contribution in [3.8, 4) is 0 Å². The molecular formula is C20H20ClFN6O. The van der Waals surface area contributed by atoms with Gasteiger partial charge in [-0.1, -0.05) is 23.7 Å². The fourth-order valence-corrected chi connectivity index (χ4v) is 3.54. The van der Waals surface area contributed by atoms with Crippen molar-refractivity contribution < 1.29 is 9.50 Å². The Balaban J connectivity index is 1.71. The molecule has 3 aromatic rings. The molecule has 2 aromatic heterocycles. The lowest BCUT2D eigenvalue weighted by Crippen LogP contribution is -2.56. The molecule has 0 unspecified atom stereocenters. The van der Waals surface area contributed by atoms with E-state index in [0.29, 0.717) is 22.7 Å². The van der Waals surface area contributed by atoms with E-state index in [0.717, 1.165) is 11.1 Å². The van der Waals surface area contributed by atoms with Crippen molar-refractivity contribution >= 4 is 28.6 Å². The van der Waals surface area contributed by atoms with Gasteiger partial charge in [0.1, 0.15) is 28.0 Å². The third-order valence-corrected chi connectivity index (χ3v) is 5.03. The molecular weight excluding hydrogens is 395 g/mol. The number of aliphatic hydroxyl groups is 1. The van der Waals surface area contributed by atoms with Crippen LogP contribution in [0.15, 0.2) is 53.4 Å². The molecule has 0 fully saturated rings. The van der Waals surface area contributed by atoms with Crippen LogP contribution in [0.4, 0.5) is 4.39 Å². The van der Waals surface area contributed by atoms with Crippen molar-refractivity contribution in [3.05, 3.63) is 70.5 Å². The first-order valence-corrected chi connectivity index (χ1v) is 9.47. The number of nitrogens with zero attached hydrogens (tertiary/aromatic N) is 3. The van der Waals surface area contributed by atoms with E-state index >= 15 is 0 Å². The summed E-state index contributed by atoms with van der Waals surface area (Å²) in [7, 11) is 0. The summed E-state index contributed by atoms with van der Waals surface area (Å²) in [5.41, 5.74) is 2.66. The Labute approximate surface area is 171 Å². The normalized spacial score (nSPS) is 21.6. The standard InChI is InChI=1S/C20H20ClFN6O/c1-11(12-3-5-13(22)6-4-12)25-17-7-14(10-29)27-20(2,28-17)15-8-23-19-18(15)26-16(21)9-24-19/h3-9,11,27,29H,10H2,1-2H3,(H,23,24)(H,25,28)/t11-,20+/m0/s1. The summed E-state index contributed by atoms with van der Waals surface area (Å²) < 4.78 is 13.2. The molecule has 0 spiro atoms. The van der Waals surface area contributed by atoms with Crippen LogP contribution in [-0.4, -0.2) is 32.5 Å². The number of benzene rings is 1. The van der Waals surface area contributed by atoms with Crippen LogP contribution in [0.5, 0.6) is 0 Å². The number of rotatable bonds is 4. The fraction of sp³-hybridized carbons (Fsp3) is 0.250. The third-order valence-electron chi connectivity index (χ3n) is 4.85. The minimum Gasteiger partial charge on any atom is -0.390 e. The number of aliphatic imine (C=N–C) groups is 1. The molecule has 3 heterocycles. The highest BCUT2D eigenvalue weighted by atomic mass is 35.5. The summed E-state index contributed by atoms with van der Waals surface area (Å²) in [6.45, 7) is 3.65. The molecule has 7 nitrogen and oxygen atoms in total. The quantitative estimate of drug-likeness (QED) is 0.525. The first-order chi connectivity index (χ1) is 13.9. The largest absolute Gasteiger partial charge is 0.390 e. The summed E-state index contributed by atoms with van der Waals surface area (Å²) in [5.74, 6) is 0.291. The third kappa shape index (κ3) is 3.81. The number of hydrogen-bond donors (Lipinski definition) is 4. The van der Waals surface area contributed by atoms with Gasteiger partial charge in [-0.3, -0.25) is 4.99 Å². The van der Waals surface area contributed by atoms with Gasteiger partial charge < -0.3 is 20.7 Å². The van der Waals surface area contributed by atoms with Gasteiger partial charge in [-0.2, -0.15) is 0 Å². The zero-order chi connectivity index (χ0) is 20.6. The van der Waals surface area contributed by atoms with Gasteiger partial charge in [0, 0.05) is 23.5 Å². The fourth-order valence-electron chi connectivity index (χ4n) is 3.41. The highest BCUT2D eigenvalue weighted by Gasteiger charge is 2.34. The van der Waals surface area contributed by atoms with E-state index in [4.69, 9.17) is 16.6 Å². The number of fused-ring (bicyclic) bond motifs is 1. The Morgan fingerprint density at radius 3 is 2.76 bits per heavy atom. The van der Waals surface area contributed by atoms with E-state index in [1.807, 2.05) is 13.8 Å². The highest BCUT2D eigenvalue weighted by Crippen LogP contribution is 2.29. The van der Waals surface area contributed by atoms with Gasteiger partial charge in [-0.15, -0.1) is 0 Å². The average molecular weight is 415 g/mol. The van der Waals surface area contributed by atoms with Crippen LogP contribution in [0.3, 0.4) is 0 Å². The zero-order valence-electron chi connectivity index (χ0n) is 15.9. The van der Waals surface area contributed by atoms with Crippen LogP contribution in [-0.2, 0) is 5.66 Å². The first-order valence-electron chi connectivity index (χ1n) is 9.09. The molecule has 1 aromatic carbocycles. The van der Waals surface area contributed by atoms with E-state index in [2.05, 4.69) is 25.6 Å². The molecule has 0 bridgehead atoms. The average Bonchev–Trinajstić information content (AvgIpc) is 3.12. The van der Waals surface area contributed by atoms with Gasteiger partial charge in [-0.25, -0.2) is 14.4 Å². The maximum Gasteiger partial charge on any atom is 0.156 e. The topological polar surface area (TPSA) is 98.2 Å². The van der Waals surface area contributed by atoms with Crippen molar-refractivity contribution in [1.82, 2.24) is 25.6 Å². The van der Waals surface area contributed by atoms with Crippen LogP contribution >= 0.6 is 11.6 Å². The molecule has 1 aliphatic rings. The SMILES string of the molecule is C[C@H](N=C1C=C(CO)N[C@@](C)(c2c[nH]c3ncc(Cl)nc23)N1)c1ccc(F)cc1. The van der Waals surface area contributed by atoms with Crippen molar-refractivity contribution in [2.45, 2.75) is 25.6 Å². The minimum atomic E-state index is -0.814. The number of aromatic nitrogens is 3. The number of aromatic amines is 1. The minimum absolute atomic E-state index is 0.185. The predicted octanol–water partition coefficient (Wildman–Crippen LogP) is 3.15. The molecule has 0 aliphatic carbocycles. The second-order valence-corrected chi connectivity index (χ2v) is 7.42. The van der Waals surface area contributed by atoms with E-state index in [1.54, 1.807) is 24.4 Å². The Bertz CT molecular complexity index is 1110. The lowest BCUT2D eigenvalue weighted by atomic mass is 10.0. The number of nitrogens with one attached hydrogen (secondary N) is 3. The number of H-pyrrole nitrogens is 1. The van der Waals surface area contributed by atoms with Crippen LogP contribution in [0.2, 0.25) is 5.15 Å². The number of aliphatic hydroxyl groups excluding tert-OH is 1. The van der Waals surface area contributed by atoms with Crippen LogP contribution in [0.1, 0.15) is 31.0 Å². The predicted molar refractivity (Wildman–Crippen MR) is 110 cm³/mol. The summed E-state index contributed by atoms with van der Waals surface area (Å²) in [5, 5.41) is 16.7. The van der Waals surface area contributed by atoms with Crippen LogP contribution in [0.25, 0.3) is 11.2 Å². The lowest BCUT2D eigenvalue weighted by molar-refractivity contribution is 0.284. The van der Waals surface area contributed by atoms with Gasteiger partial charge in [-0.05, 0) is 31.5 Å². The maximum atomic E-state index is 13.2. The lowest BCUT2D eigenvalue weighted by Gasteiger charge is -2.37. The van der Waals surface area contributed by atoms with Crippen molar-refractivity contribution in [2.75, 3.05) is 6.61 Å². The smallest absolute Gasteiger partial charge is 0.156 e. The van der Waals surface area contributed by atoms with Gasteiger partial charge in [0.25, 0.3) is 0 Å². The second kappa shape index (κ2) is 7.46. The maximum absolute atomic E-state index is 13.2.